The Morgan fingerprint density at radius 1 is 0.783 bits per heavy atom. The third-order valence-electron chi connectivity index (χ3n) is 12.5. The summed E-state index contributed by atoms with van der Waals surface area (Å²) >= 11 is 0. The van der Waals surface area contributed by atoms with Gasteiger partial charge in [0, 0.05) is 62.3 Å². The molecule has 3 aromatic carbocycles. The van der Waals surface area contributed by atoms with Gasteiger partial charge in [-0.15, -0.1) is 0 Å². The van der Waals surface area contributed by atoms with Crippen molar-refractivity contribution in [1.29, 1.82) is 0 Å². The molecule has 0 saturated carbocycles. The maximum absolute atomic E-state index is 14.0. The second kappa shape index (κ2) is 20.7. The molecular formula is C51H54N6O12. The molecule has 18 nitrogen and oxygen atoms in total. The van der Waals surface area contributed by atoms with E-state index < -0.39 is 42.0 Å². The summed E-state index contributed by atoms with van der Waals surface area (Å²) in [5, 5.41) is 14.3. The molecule has 0 aromatic heterocycles. The SMILES string of the molecule is COc1cc2c(cc1OCCCCCOc1cc3c(cc1C)C(=O)N1C=C(C)C[C@H]1C=N3)N(C(=O)OCc1ccc(CC(=O)CNC(=O)CCN3C(=O)C=CC3=O)cc1)[C@@H](O)[C@@H]1CC(C)=CN1C2=O. The van der Waals surface area contributed by atoms with E-state index in [0.29, 0.717) is 54.0 Å². The van der Waals surface area contributed by atoms with E-state index in [0.717, 1.165) is 51.5 Å². The van der Waals surface area contributed by atoms with E-state index in [9.17, 15) is 38.7 Å². The maximum atomic E-state index is 14.0. The largest absolute Gasteiger partial charge is 0.493 e. The van der Waals surface area contributed by atoms with Gasteiger partial charge in [-0.1, -0.05) is 35.4 Å². The lowest BCUT2D eigenvalue weighted by atomic mass is 10.1. The summed E-state index contributed by atoms with van der Waals surface area (Å²) in [6, 6.07) is 12.6. The highest BCUT2D eigenvalue weighted by Gasteiger charge is 2.45. The first-order chi connectivity index (χ1) is 33.2. The van der Waals surface area contributed by atoms with Gasteiger partial charge in [0.1, 0.15) is 12.4 Å². The number of amides is 6. The normalized spacial score (nSPS) is 19.1. The van der Waals surface area contributed by atoms with Gasteiger partial charge in [0.25, 0.3) is 23.6 Å². The average Bonchev–Trinajstić information content (AvgIpc) is 3.99. The van der Waals surface area contributed by atoms with Crippen molar-refractivity contribution >= 4 is 59.0 Å². The minimum Gasteiger partial charge on any atom is -0.493 e. The smallest absolute Gasteiger partial charge is 0.416 e. The predicted octanol–water partition coefficient (Wildman–Crippen LogP) is 5.60. The van der Waals surface area contributed by atoms with Crippen LogP contribution in [0, 0.1) is 6.92 Å². The van der Waals surface area contributed by atoms with E-state index >= 15 is 0 Å². The van der Waals surface area contributed by atoms with Gasteiger partial charge in [0.05, 0.1) is 61.5 Å². The summed E-state index contributed by atoms with van der Waals surface area (Å²) in [7, 11) is 1.45. The molecule has 0 fully saturated rings. The third kappa shape index (κ3) is 10.6. The van der Waals surface area contributed by atoms with Gasteiger partial charge < -0.3 is 39.2 Å². The van der Waals surface area contributed by atoms with Crippen LogP contribution in [0.1, 0.15) is 89.8 Å². The molecule has 0 spiro atoms. The molecule has 3 aromatic rings. The number of anilines is 1. The number of carbonyl (C=O) groups excluding carboxylic acids is 7. The summed E-state index contributed by atoms with van der Waals surface area (Å²) in [5.74, 6) is -1.03. The highest BCUT2D eigenvalue weighted by Crippen LogP contribution is 2.42. The number of nitrogens with zero attached hydrogens (tertiary/aromatic N) is 5. The number of rotatable bonds is 18. The van der Waals surface area contributed by atoms with E-state index in [1.165, 1.54) is 24.1 Å². The first-order valence-electron chi connectivity index (χ1n) is 22.9. The lowest BCUT2D eigenvalue weighted by Gasteiger charge is -2.31. The molecule has 5 aliphatic heterocycles. The summed E-state index contributed by atoms with van der Waals surface area (Å²) < 4.78 is 23.7. The van der Waals surface area contributed by atoms with Crippen LogP contribution >= 0.6 is 0 Å². The van der Waals surface area contributed by atoms with Gasteiger partial charge in [0.2, 0.25) is 5.91 Å². The molecule has 0 aliphatic carbocycles. The van der Waals surface area contributed by atoms with E-state index in [4.69, 9.17) is 18.9 Å². The lowest BCUT2D eigenvalue weighted by Crippen LogP contribution is -2.50. The van der Waals surface area contributed by atoms with Crippen LogP contribution in [-0.4, -0.2) is 119 Å². The molecule has 8 rings (SSSR count). The van der Waals surface area contributed by atoms with Crippen molar-refractivity contribution in [2.45, 2.75) is 90.6 Å². The molecule has 3 atom stereocenters. The van der Waals surface area contributed by atoms with E-state index in [1.807, 2.05) is 45.3 Å². The Morgan fingerprint density at radius 3 is 2.17 bits per heavy atom. The number of aliphatic hydroxyl groups is 1. The summed E-state index contributed by atoms with van der Waals surface area (Å²) in [6.45, 7) is 5.94. The Morgan fingerprint density at radius 2 is 1.45 bits per heavy atom. The molecule has 6 amide bonds. The fourth-order valence-electron chi connectivity index (χ4n) is 8.84. The van der Waals surface area contributed by atoms with Crippen LogP contribution in [0.15, 0.2) is 89.2 Å². The first-order valence-corrected chi connectivity index (χ1v) is 22.9. The van der Waals surface area contributed by atoms with Crippen LogP contribution in [0.5, 0.6) is 17.2 Å². The van der Waals surface area contributed by atoms with Crippen molar-refractivity contribution in [2.75, 3.05) is 38.3 Å². The van der Waals surface area contributed by atoms with Crippen LogP contribution in [-0.2, 0) is 36.9 Å². The van der Waals surface area contributed by atoms with Gasteiger partial charge in [-0.25, -0.2) is 9.69 Å². The second-order valence-corrected chi connectivity index (χ2v) is 17.7. The van der Waals surface area contributed by atoms with Gasteiger partial charge in [-0.2, -0.15) is 0 Å². The number of aryl methyl sites for hydroxylation is 1. The molecule has 0 bridgehead atoms. The van der Waals surface area contributed by atoms with E-state index in [1.54, 1.807) is 35.4 Å². The number of hydrogen-bond acceptors (Lipinski definition) is 13. The molecule has 18 heteroatoms. The zero-order valence-electron chi connectivity index (χ0n) is 38.9. The number of ether oxygens (including phenoxy) is 4. The Kier molecular flexibility index (Phi) is 14.4. The fraction of sp³-hybridized carbons (Fsp3) is 0.373. The van der Waals surface area contributed by atoms with Gasteiger partial charge >= 0.3 is 6.09 Å². The molecular weight excluding hydrogens is 889 g/mol. The minimum atomic E-state index is -1.48. The lowest BCUT2D eigenvalue weighted by molar-refractivity contribution is -0.137. The number of hydrogen-bond donors (Lipinski definition) is 2. The molecule has 0 saturated heterocycles. The van der Waals surface area contributed by atoms with Crippen molar-refractivity contribution in [3.63, 3.8) is 0 Å². The zero-order valence-corrected chi connectivity index (χ0v) is 38.9. The van der Waals surface area contributed by atoms with Crippen molar-refractivity contribution in [1.82, 2.24) is 20.0 Å². The van der Waals surface area contributed by atoms with Gasteiger partial charge in [-0.05, 0) is 81.7 Å². The number of Topliss-reactive ketones (excluding diaryl/α,β-unsaturated/α-hetero) is 1. The van der Waals surface area contributed by atoms with Crippen LogP contribution in [0.2, 0.25) is 0 Å². The van der Waals surface area contributed by atoms with Gasteiger partial charge in [0.15, 0.2) is 23.5 Å². The topological polar surface area (TPSA) is 214 Å². The number of benzene rings is 3. The molecule has 2 N–H and O–H groups in total. The number of aliphatic imine (C=N–C) groups is 1. The van der Waals surface area contributed by atoms with Crippen molar-refractivity contribution < 1.29 is 57.6 Å². The summed E-state index contributed by atoms with van der Waals surface area (Å²) in [6.07, 6.45) is 8.33. The third-order valence-corrected chi connectivity index (χ3v) is 12.5. The van der Waals surface area contributed by atoms with Crippen molar-refractivity contribution in [2.24, 2.45) is 4.99 Å². The molecule has 5 aliphatic rings. The molecule has 69 heavy (non-hydrogen) atoms. The van der Waals surface area contributed by atoms with Crippen LogP contribution in [0.25, 0.3) is 0 Å². The number of imide groups is 1. The second-order valence-electron chi connectivity index (χ2n) is 17.7. The Labute approximate surface area is 398 Å². The first kappa shape index (κ1) is 47.9. The number of carbonyl (C=O) groups is 7. The molecule has 5 heterocycles. The minimum absolute atomic E-state index is 0.0139. The quantitative estimate of drug-likeness (QED) is 0.118. The monoisotopic (exact) mass is 942 g/mol. The van der Waals surface area contributed by atoms with Crippen LogP contribution < -0.4 is 24.4 Å². The number of nitrogens with one attached hydrogen (secondary N) is 1. The fourth-order valence-corrected chi connectivity index (χ4v) is 8.84. The number of ketones is 1. The highest BCUT2D eigenvalue weighted by molar-refractivity contribution is 6.13. The number of unbranched alkanes of at least 4 members (excludes halogenated alkanes) is 2. The number of aliphatic hydroxyl groups excluding tert-OH is 1. The summed E-state index contributed by atoms with van der Waals surface area (Å²) in [4.78, 5) is 99.4. The average molecular weight is 943 g/mol. The Balaban J connectivity index is 0.855. The highest BCUT2D eigenvalue weighted by atomic mass is 16.6. The van der Waals surface area contributed by atoms with E-state index in [-0.39, 0.29) is 79.6 Å². The maximum Gasteiger partial charge on any atom is 0.416 e. The van der Waals surface area contributed by atoms with Crippen LogP contribution in [0.3, 0.4) is 0 Å². The standard InChI is InChI=1S/C51H54N6O12/c1-30-18-35-25-52-39-23-42(32(3)20-37(39)48(62)55(35)27-30)67-16-6-5-7-17-68-44-24-40-38(22-43(44)66-4)49(63)56-28-31(2)19-41(56)50(64)57(40)51(65)69-29-34-10-8-33(9-11-34)21-36(58)26-53-45(59)14-15-54-46(60)12-13-47(54)61/h8-13,20,22-25,27-28,35,41,50,64H,5-7,14-19,21,26,29H2,1-4H3,(H,53,59)/t35-,41-,50-/m0/s1. The van der Waals surface area contributed by atoms with Gasteiger partial charge in [-0.3, -0.25) is 38.7 Å². The Hall–Kier alpha value is -7.60. The molecule has 0 unspecified atom stereocenters. The zero-order chi connectivity index (χ0) is 48.9. The predicted molar refractivity (Wildman–Crippen MR) is 251 cm³/mol. The van der Waals surface area contributed by atoms with Crippen molar-refractivity contribution in [3.05, 3.63) is 112 Å². The van der Waals surface area contributed by atoms with Crippen molar-refractivity contribution in [3.8, 4) is 17.2 Å². The summed E-state index contributed by atoms with van der Waals surface area (Å²) in [5.41, 5.74) is 5.39. The van der Waals surface area contributed by atoms with E-state index in [2.05, 4.69) is 10.3 Å². The molecule has 0 radical (unpaired) electrons. The Bertz CT molecular complexity index is 2690. The number of fused-ring (bicyclic) bond motifs is 4. The van der Waals surface area contributed by atoms with Crippen LogP contribution in [0.4, 0.5) is 16.2 Å². The molecule has 360 valence electrons. The number of methoxy groups -OCH3 is 1.